The molecule has 11 heteroatoms. The van der Waals surface area contributed by atoms with E-state index in [1.54, 1.807) is 31.4 Å². The van der Waals surface area contributed by atoms with Crippen LogP contribution in [-0.2, 0) is 13.2 Å². The molecule has 0 spiro atoms. The summed E-state index contributed by atoms with van der Waals surface area (Å²) in [5, 5.41) is -1.03. The van der Waals surface area contributed by atoms with Crippen molar-refractivity contribution in [1.82, 2.24) is 14.9 Å². The van der Waals surface area contributed by atoms with Gasteiger partial charge in [0.05, 0.1) is 23.2 Å². The van der Waals surface area contributed by atoms with Crippen molar-refractivity contribution in [3.05, 3.63) is 106 Å². The minimum Gasteiger partial charge on any atom is -0.497 e. The molecule has 48 heavy (non-hydrogen) atoms. The van der Waals surface area contributed by atoms with E-state index in [0.717, 1.165) is 56.0 Å². The fraction of sp³-hybridized carbons (Fsp3) is 0.297. The number of hydrogen-bond donors (Lipinski definition) is 0. The molecule has 0 amide bonds. The smallest absolute Gasteiger partial charge is 0.320 e. The van der Waals surface area contributed by atoms with Gasteiger partial charge in [0.15, 0.2) is 11.6 Å². The third-order valence-electron chi connectivity index (χ3n) is 9.19. The van der Waals surface area contributed by atoms with Gasteiger partial charge < -0.3 is 18.9 Å². The number of hydrogen-bond acceptors (Lipinski definition) is 7. The summed E-state index contributed by atoms with van der Waals surface area (Å²) < 4.78 is 72.0. The molecule has 2 aliphatic heterocycles. The lowest BCUT2D eigenvalue weighted by Crippen LogP contribution is -2.43. The summed E-state index contributed by atoms with van der Waals surface area (Å²) in [5.41, 5.74) is 0.0673. The molecule has 7 nitrogen and oxygen atoms in total. The number of fused-ring (bicyclic) bond motifs is 2. The average molecular weight is 676 g/mol. The maximum Gasteiger partial charge on any atom is 0.320 e. The molecule has 0 bridgehead atoms. The van der Waals surface area contributed by atoms with Gasteiger partial charge in [0.1, 0.15) is 48.0 Å². The van der Waals surface area contributed by atoms with Crippen molar-refractivity contribution in [3.63, 3.8) is 0 Å². The van der Waals surface area contributed by atoms with Crippen LogP contribution in [-0.4, -0.2) is 47.2 Å². The van der Waals surface area contributed by atoms with Crippen LogP contribution in [0.1, 0.15) is 36.8 Å². The Morgan fingerprint density at radius 3 is 2.21 bits per heavy atom. The van der Waals surface area contributed by atoms with Crippen molar-refractivity contribution in [2.45, 2.75) is 44.4 Å². The van der Waals surface area contributed by atoms with Gasteiger partial charge in [-0.1, -0.05) is 60.1 Å². The lowest BCUT2D eigenvalue weighted by Gasteiger charge is -2.31. The highest BCUT2D eigenvalue weighted by molar-refractivity contribution is 6.34. The summed E-state index contributed by atoms with van der Waals surface area (Å²) in [7, 11) is 1.56. The van der Waals surface area contributed by atoms with Crippen LogP contribution in [0, 0.1) is 17.5 Å². The van der Waals surface area contributed by atoms with Crippen LogP contribution in [0.25, 0.3) is 22.0 Å². The van der Waals surface area contributed by atoms with E-state index < -0.39 is 33.6 Å². The number of rotatable bonds is 11. The van der Waals surface area contributed by atoms with E-state index in [4.69, 9.17) is 30.5 Å². The van der Waals surface area contributed by atoms with Crippen LogP contribution in [0.4, 0.5) is 13.2 Å². The second-order valence-electron chi connectivity index (χ2n) is 12.1. The Morgan fingerprint density at radius 2 is 1.48 bits per heavy atom. The molecule has 2 fully saturated rings. The van der Waals surface area contributed by atoms with Gasteiger partial charge in [0.25, 0.3) is 0 Å². The van der Waals surface area contributed by atoms with Gasteiger partial charge in [-0.2, -0.15) is 9.97 Å². The Balaban J connectivity index is 1.30. The summed E-state index contributed by atoms with van der Waals surface area (Å²) in [5.74, 6) is -2.58. The lowest BCUT2D eigenvalue weighted by atomic mass is 9.95. The quantitative estimate of drug-likeness (QED) is 0.130. The monoisotopic (exact) mass is 675 g/mol. The Labute approximate surface area is 281 Å². The summed E-state index contributed by atoms with van der Waals surface area (Å²) in [4.78, 5) is 11.1. The van der Waals surface area contributed by atoms with Crippen molar-refractivity contribution in [3.8, 4) is 34.5 Å². The highest BCUT2D eigenvalue weighted by atomic mass is 35.5. The van der Waals surface area contributed by atoms with Gasteiger partial charge in [0, 0.05) is 5.56 Å². The van der Waals surface area contributed by atoms with Crippen molar-refractivity contribution in [1.29, 1.82) is 0 Å². The molecule has 2 saturated heterocycles. The van der Waals surface area contributed by atoms with Gasteiger partial charge in [-0.3, -0.25) is 4.90 Å². The Hall–Kier alpha value is -4.54. The summed E-state index contributed by atoms with van der Waals surface area (Å²) in [6, 6.07) is 20.1. The molecule has 248 valence electrons. The molecule has 0 N–H and O–H groups in total. The Bertz CT molecular complexity index is 1940. The standard InChI is InChI=1S/C37H33ClF3N3O4/c1-45-25-14-12-24(13-15-25)20-46-27-11-5-10-26(39)28(27)29-31(38)32(40)30-34(33(29)41)42-36(43-35(30)47-21-23-8-3-2-4-9-23)48-22-37-16-6-18-44(37)19-7-17-37/h2-5,8-15H,6-7,16-22H2,1H3. The molecular weight excluding hydrogens is 643 g/mol. The molecule has 0 saturated carbocycles. The van der Waals surface area contributed by atoms with Crippen LogP contribution in [0.15, 0.2) is 72.8 Å². The van der Waals surface area contributed by atoms with Crippen LogP contribution in [0.3, 0.4) is 0 Å². The van der Waals surface area contributed by atoms with Gasteiger partial charge >= 0.3 is 6.01 Å². The third-order valence-corrected chi connectivity index (χ3v) is 9.55. The fourth-order valence-corrected chi connectivity index (χ4v) is 7.01. The highest BCUT2D eigenvalue weighted by Gasteiger charge is 2.45. The largest absolute Gasteiger partial charge is 0.497 e. The minimum atomic E-state index is -1.06. The van der Waals surface area contributed by atoms with Gasteiger partial charge in [-0.05, 0) is 74.2 Å². The molecule has 7 rings (SSSR count). The molecule has 0 aliphatic carbocycles. The van der Waals surface area contributed by atoms with E-state index in [1.165, 1.54) is 12.1 Å². The summed E-state index contributed by atoms with van der Waals surface area (Å²) in [6.07, 6.45) is 4.04. The van der Waals surface area contributed by atoms with E-state index in [2.05, 4.69) is 14.9 Å². The summed E-state index contributed by atoms with van der Waals surface area (Å²) in [6.45, 7) is 2.30. The first-order chi connectivity index (χ1) is 23.4. The van der Waals surface area contributed by atoms with E-state index in [0.29, 0.717) is 5.75 Å². The first kappa shape index (κ1) is 32.0. The first-order valence-electron chi connectivity index (χ1n) is 15.8. The van der Waals surface area contributed by atoms with Crippen LogP contribution in [0.2, 0.25) is 5.02 Å². The summed E-state index contributed by atoms with van der Waals surface area (Å²) >= 11 is 6.54. The zero-order valence-electron chi connectivity index (χ0n) is 26.3. The van der Waals surface area contributed by atoms with Crippen molar-refractivity contribution in [2.24, 2.45) is 0 Å². The number of aromatic nitrogens is 2. The molecule has 3 heterocycles. The predicted molar refractivity (Wildman–Crippen MR) is 176 cm³/mol. The highest BCUT2D eigenvalue weighted by Crippen LogP contribution is 2.45. The van der Waals surface area contributed by atoms with E-state index in [9.17, 15) is 0 Å². The topological polar surface area (TPSA) is 65.9 Å². The number of methoxy groups -OCH3 is 1. The molecule has 4 aromatic carbocycles. The Morgan fingerprint density at radius 1 is 0.771 bits per heavy atom. The number of benzene rings is 4. The van der Waals surface area contributed by atoms with E-state index >= 15 is 13.2 Å². The fourth-order valence-electron chi connectivity index (χ4n) is 6.74. The van der Waals surface area contributed by atoms with Crippen LogP contribution < -0.4 is 18.9 Å². The molecule has 0 atom stereocenters. The van der Waals surface area contributed by atoms with E-state index in [-0.39, 0.29) is 53.9 Å². The zero-order chi connectivity index (χ0) is 33.3. The third kappa shape index (κ3) is 6.10. The number of ether oxygens (including phenoxy) is 4. The lowest BCUT2D eigenvalue weighted by molar-refractivity contribution is 0.107. The van der Waals surface area contributed by atoms with Crippen molar-refractivity contribution in [2.75, 3.05) is 26.8 Å². The first-order valence-corrected chi connectivity index (χ1v) is 16.2. The zero-order valence-corrected chi connectivity index (χ0v) is 27.0. The van der Waals surface area contributed by atoms with Crippen LogP contribution >= 0.6 is 11.6 Å². The SMILES string of the molecule is COc1ccc(COc2cccc(F)c2-c2c(Cl)c(F)c3c(OCc4ccccc4)nc(OCC45CCCN4CCC5)nc3c2F)cc1. The van der Waals surface area contributed by atoms with Gasteiger partial charge in [0.2, 0.25) is 5.88 Å². The molecule has 0 unspecified atom stereocenters. The van der Waals surface area contributed by atoms with Crippen LogP contribution in [0.5, 0.6) is 23.4 Å². The van der Waals surface area contributed by atoms with Gasteiger partial charge in [-0.25, -0.2) is 13.2 Å². The maximum atomic E-state index is 16.8. The molecule has 1 aromatic heterocycles. The maximum absolute atomic E-state index is 16.8. The number of nitrogens with zero attached hydrogens (tertiary/aromatic N) is 3. The molecule has 5 aromatic rings. The minimum absolute atomic E-state index is 0.0151. The van der Waals surface area contributed by atoms with Crippen molar-refractivity contribution >= 4 is 22.5 Å². The normalized spacial score (nSPS) is 15.4. The molecular formula is C37H33ClF3N3O4. The second-order valence-corrected chi connectivity index (χ2v) is 12.5. The predicted octanol–water partition coefficient (Wildman–Crippen LogP) is 8.54. The second kappa shape index (κ2) is 13.5. The molecule has 0 radical (unpaired) electrons. The van der Waals surface area contributed by atoms with Gasteiger partial charge in [-0.15, -0.1) is 0 Å². The average Bonchev–Trinajstić information content (AvgIpc) is 3.70. The van der Waals surface area contributed by atoms with Crippen molar-refractivity contribution < 1.29 is 32.1 Å². The molecule has 2 aliphatic rings. The Kier molecular flexibility index (Phi) is 9.02. The number of halogens is 4. The van der Waals surface area contributed by atoms with E-state index in [1.807, 2.05) is 30.3 Å².